The third-order valence-electron chi connectivity index (χ3n) is 3.44. The number of hydrogen-bond acceptors (Lipinski definition) is 6. The van der Waals surface area contributed by atoms with Crippen LogP contribution in [0.25, 0.3) is 11.5 Å². The van der Waals surface area contributed by atoms with Crippen LogP contribution in [0.15, 0.2) is 44.3 Å². The van der Waals surface area contributed by atoms with Crippen LogP contribution >= 0.6 is 11.3 Å². The number of nitrogens with zero attached hydrogens (tertiary/aromatic N) is 2. The van der Waals surface area contributed by atoms with Crippen LogP contribution in [0.3, 0.4) is 0 Å². The highest BCUT2D eigenvalue weighted by Gasteiger charge is 2.19. The van der Waals surface area contributed by atoms with Crippen molar-refractivity contribution in [1.29, 1.82) is 0 Å². The number of hydrogen-bond donors (Lipinski definition) is 1. The molecule has 6 nitrogen and oxygen atoms in total. The zero-order chi connectivity index (χ0) is 17.2. The van der Waals surface area contributed by atoms with Crippen molar-refractivity contribution in [2.45, 2.75) is 30.9 Å². The zero-order valence-corrected chi connectivity index (χ0v) is 14.9. The van der Waals surface area contributed by atoms with Gasteiger partial charge in [-0.05, 0) is 30.2 Å². The van der Waals surface area contributed by atoms with Crippen molar-refractivity contribution in [1.82, 2.24) is 10.2 Å². The number of thiophene rings is 1. The summed E-state index contributed by atoms with van der Waals surface area (Å²) in [5.41, 5.74) is 2.23. The first kappa shape index (κ1) is 16.7. The predicted molar refractivity (Wildman–Crippen MR) is 93.6 cm³/mol. The first-order valence-corrected chi connectivity index (χ1v) is 9.91. The number of aryl methyl sites for hydroxylation is 2. The van der Waals surface area contributed by atoms with E-state index >= 15 is 0 Å². The van der Waals surface area contributed by atoms with Gasteiger partial charge in [0.25, 0.3) is 10.0 Å². The molecule has 8 heteroatoms. The highest BCUT2D eigenvalue weighted by Crippen LogP contribution is 2.29. The van der Waals surface area contributed by atoms with E-state index in [1.54, 1.807) is 17.5 Å². The largest absolute Gasteiger partial charge is 0.421 e. The second-order valence-corrected chi connectivity index (χ2v) is 7.99. The molecule has 0 saturated heterocycles. The predicted octanol–water partition coefficient (Wildman–Crippen LogP) is 3.72. The Hall–Kier alpha value is -2.19. The molecule has 0 bridgehead atoms. The van der Waals surface area contributed by atoms with E-state index in [4.69, 9.17) is 4.42 Å². The van der Waals surface area contributed by atoms with E-state index < -0.39 is 10.0 Å². The standard InChI is InChI=1S/C16H17N3O3S2/c1-3-11-6-5-7-13(8-11)19-24(20,21)15-9-12(10-23-15)16-18-17-14(4-2)22-16/h5-10,19H,3-4H2,1-2H3. The quantitative estimate of drug-likeness (QED) is 0.721. The van der Waals surface area contributed by atoms with Crippen LogP contribution in [0.5, 0.6) is 0 Å². The molecule has 24 heavy (non-hydrogen) atoms. The maximum absolute atomic E-state index is 12.5. The van der Waals surface area contributed by atoms with E-state index in [0.717, 1.165) is 23.3 Å². The number of sulfonamides is 1. The van der Waals surface area contributed by atoms with E-state index in [1.165, 1.54) is 0 Å². The molecule has 0 radical (unpaired) electrons. The summed E-state index contributed by atoms with van der Waals surface area (Å²) in [6.45, 7) is 3.93. The molecule has 2 aromatic heterocycles. The summed E-state index contributed by atoms with van der Waals surface area (Å²) >= 11 is 1.12. The Labute approximate surface area is 144 Å². The van der Waals surface area contributed by atoms with Gasteiger partial charge in [-0.15, -0.1) is 21.5 Å². The number of nitrogens with one attached hydrogen (secondary N) is 1. The van der Waals surface area contributed by atoms with Crippen molar-refractivity contribution in [3.8, 4) is 11.5 Å². The van der Waals surface area contributed by atoms with Crippen molar-refractivity contribution in [3.05, 3.63) is 47.2 Å². The van der Waals surface area contributed by atoms with Crippen LogP contribution < -0.4 is 4.72 Å². The third kappa shape index (κ3) is 3.49. The minimum atomic E-state index is -3.65. The third-order valence-corrected chi connectivity index (χ3v) is 6.26. The van der Waals surface area contributed by atoms with E-state index in [2.05, 4.69) is 14.9 Å². The van der Waals surface area contributed by atoms with Gasteiger partial charge in [-0.1, -0.05) is 26.0 Å². The maximum Gasteiger partial charge on any atom is 0.271 e. The van der Waals surface area contributed by atoms with Crippen LogP contribution in [0, 0.1) is 0 Å². The highest BCUT2D eigenvalue weighted by atomic mass is 32.2. The molecule has 3 aromatic rings. The first-order chi connectivity index (χ1) is 11.5. The van der Waals surface area contributed by atoms with E-state index in [9.17, 15) is 8.42 Å². The number of benzene rings is 1. The van der Waals surface area contributed by atoms with Crippen LogP contribution in [0.4, 0.5) is 5.69 Å². The fraction of sp³-hybridized carbons (Fsp3) is 0.250. The lowest BCUT2D eigenvalue weighted by Gasteiger charge is -2.07. The van der Waals surface area contributed by atoms with Gasteiger partial charge >= 0.3 is 0 Å². The molecule has 0 saturated carbocycles. The van der Waals surface area contributed by atoms with Gasteiger partial charge in [0, 0.05) is 17.5 Å². The molecule has 126 valence electrons. The molecular formula is C16H17N3O3S2. The summed E-state index contributed by atoms with van der Waals surface area (Å²) in [4.78, 5) is 0. The highest BCUT2D eigenvalue weighted by molar-refractivity contribution is 7.94. The molecule has 0 atom stereocenters. The Balaban J connectivity index is 1.84. The normalized spacial score (nSPS) is 11.6. The Kier molecular flexibility index (Phi) is 4.68. The lowest BCUT2D eigenvalue weighted by atomic mass is 10.1. The topological polar surface area (TPSA) is 85.1 Å². The van der Waals surface area contributed by atoms with Gasteiger partial charge in [0.05, 0.1) is 5.56 Å². The Bertz CT molecular complexity index is 945. The average molecular weight is 363 g/mol. The smallest absolute Gasteiger partial charge is 0.271 e. The van der Waals surface area contributed by atoms with Crippen LogP contribution in [0.1, 0.15) is 25.3 Å². The molecule has 0 aliphatic heterocycles. The van der Waals surface area contributed by atoms with Gasteiger partial charge in [0.2, 0.25) is 11.8 Å². The van der Waals surface area contributed by atoms with Gasteiger partial charge in [0.1, 0.15) is 4.21 Å². The van der Waals surface area contributed by atoms with E-state index in [1.807, 2.05) is 32.0 Å². The van der Waals surface area contributed by atoms with Crippen molar-refractivity contribution in [3.63, 3.8) is 0 Å². The van der Waals surface area contributed by atoms with Gasteiger partial charge in [-0.25, -0.2) is 8.42 Å². The number of rotatable bonds is 6. The molecule has 1 aromatic carbocycles. The van der Waals surface area contributed by atoms with Gasteiger partial charge in [-0.3, -0.25) is 4.72 Å². The second-order valence-electron chi connectivity index (χ2n) is 5.17. The summed E-state index contributed by atoms with van der Waals surface area (Å²) < 4.78 is 33.4. The maximum atomic E-state index is 12.5. The summed E-state index contributed by atoms with van der Waals surface area (Å²) in [7, 11) is -3.65. The molecule has 0 aliphatic rings. The van der Waals surface area contributed by atoms with E-state index in [0.29, 0.717) is 29.5 Å². The Morgan fingerprint density at radius 2 is 2.00 bits per heavy atom. The monoisotopic (exact) mass is 363 g/mol. The minimum Gasteiger partial charge on any atom is -0.421 e. The lowest BCUT2D eigenvalue weighted by molar-refractivity contribution is 0.513. The molecule has 0 fully saturated rings. The van der Waals surface area contributed by atoms with Crippen molar-refractivity contribution in [2.75, 3.05) is 4.72 Å². The van der Waals surface area contributed by atoms with Gasteiger partial charge < -0.3 is 4.42 Å². The second kappa shape index (κ2) is 6.74. The first-order valence-electron chi connectivity index (χ1n) is 7.55. The molecular weight excluding hydrogens is 346 g/mol. The van der Waals surface area contributed by atoms with Gasteiger partial charge in [0.15, 0.2) is 0 Å². The molecule has 3 rings (SSSR count). The average Bonchev–Trinajstić information content (AvgIpc) is 3.23. The molecule has 0 amide bonds. The van der Waals surface area contributed by atoms with Crippen molar-refractivity contribution in [2.24, 2.45) is 0 Å². The van der Waals surface area contributed by atoms with Crippen molar-refractivity contribution < 1.29 is 12.8 Å². The van der Waals surface area contributed by atoms with Crippen LogP contribution in [0.2, 0.25) is 0 Å². The zero-order valence-electron chi connectivity index (χ0n) is 13.3. The summed E-state index contributed by atoms with van der Waals surface area (Å²) in [6.07, 6.45) is 1.48. The Morgan fingerprint density at radius 1 is 1.17 bits per heavy atom. The fourth-order valence-corrected chi connectivity index (χ4v) is 4.35. The molecule has 1 N–H and O–H groups in total. The van der Waals surface area contributed by atoms with Gasteiger partial charge in [-0.2, -0.15) is 0 Å². The van der Waals surface area contributed by atoms with E-state index in [-0.39, 0.29) is 4.21 Å². The summed E-state index contributed by atoms with van der Waals surface area (Å²) in [5, 5.41) is 9.52. The molecule has 2 heterocycles. The fourth-order valence-electron chi connectivity index (χ4n) is 2.14. The van der Waals surface area contributed by atoms with Crippen LogP contribution in [-0.4, -0.2) is 18.6 Å². The summed E-state index contributed by atoms with van der Waals surface area (Å²) in [5.74, 6) is 0.854. The number of aromatic nitrogens is 2. The number of anilines is 1. The SMILES string of the molecule is CCc1cccc(NS(=O)(=O)c2cc(-c3nnc(CC)o3)cs2)c1. The molecule has 0 aliphatic carbocycles. The minimum absolute atomic E-state index is 0.204. The van der Waals surface area contributed by atoms with Crippen molar-refractivity contribution >= 4 is 27.0 Å². The Morgan fingerprint density at radius 3 is 2.71 bits per heavy atom. The summed E-state index contributed by atoms with van der Waals surface area (Å²) in [6, 6.07) is 8.90. The molecule has 0 unspecified atom stereocenters. The molecule has 0 spiro atoms. The van der Waals surface area contributed by atoms with Crippen LogP contribution in [-0.2, 0) is 22.9 Å². The lowest BCUT2D eigenvalue weighted by Crippen LogP contribution is -2.11.